The molecule has 0 amide bonds. The van der Waals surface area contributed by atoms with Gasteiger partial charge in [0.1, 0.15) is 5.75 Å². The molecule has 1 aromatic rings. The fourth-order valence-electron chi connectivity index (χ4n) is 0.796. The Morgan fingerprint density at radius 1 is 1.36 bits per heavy atom. The lowest BCUT2D eigenvalue weighted by atomic mass is 9.83. The van der Waals surface area contributed by atoms with Crippen molar-refractivity contribution < 1.29 is 5.11 Å². The molecule has 0 aromatic heterocycles. The Kier molecular flexibility index (Phi) is 2.92. The van der Waals surface area contributed by atoms with Gasteiger partial charge in [0.05, 0.1) is 0 Å². The molecule has 0 aliphatic heterocycles. The summed E-state index contributed by atoms with van der Waals surface area (Å²) in [5.41, 5.74) is 1.07. The number of hydrogen-bond donors (Lipinski definition) is 1. The third-order valence-corrected chi connectivity index (χ3v) is 1.39. The van der Waals surface area contributed by atoms with Crippen LogP contribution in [0.3, 0.4) is 0 Å². The molecule has 1 rings (SSSR count). The first-order valence-electron chi connectivity index (χ1n) is 3.30. The summed E-state index contributed by atoms with van der Waals surface area (Å²) in [5, 5.41) is 8.96. The molecule has 1 atom stereocenters. The van der Waals surface area contributed by atoms with Crippen LogP contribution in [-0.2, 0) is 0 Å². The van der Waals surface area contributed by atoms with Gasteiger partial charge in [0.2, 0.25) is 0 Å². The minimum absolute atomic E-state index is 0.300. The van der Waals surface area contributed by atoms with Crippen molar-refractivity contribution in [2.75, 3.05) is 7.05 Å². The average Bonchev–Trinajstić information content (AvgIpc) is 1.93. The summed E-state index contributed by atoms with van der Waals surface area (Å²) in [7, 11) is 6.41. The molecule has 0 aliphatic rings. The van der Waals surface area contributed by atoms with E-state index in [-0.39, 0.29) is 0 Å². The van der Waals surface area contributed by atoms with E-state index in [1.165, 1.54) is 0 Å². The van der Waals surface area contributed by atoms with Gasteiger partial charge in [-0.25, -0.2) is 0 Å². The number of nitrogens with zero attached hydrogens (tertiary/aromatic N) is 1. The standard InChI is InChI=1S/C7H10BNOP/c1-9(11)8-6-2-4-7(10)5-3-6/h2-5,10H,11H2,1H3. The van der Waals surface area contributed by atoms with Crippen molar-refractivity contribution in [2.24, 2.45) is 0 Å². The smallest absolute Gasteiger partial charge is 0.250 e. The maximum atomic E-state index is 8.96. The third-order valence-electron chi connectivity index (χ3n) is 1.25. The molecule has 57 valence electrons. The highest BCUT2D eigenvalue weighted by Crippen LogP contribution is 2.02. The molecule has 1 unspecified atom stereocenters. The Balaban J connectivity index is 2.66. The summed E-state index contributed by atoms with van der Waals surface area (Å²) >= 11 is 0. The van der Waals surface area contributed by atoms with E-state index < -0.39 is 0 Å². The van der Waals surface area contributed by atoms with Gasteiger partial charge in [-0.2, -0.15) is 0 Å². The summed E-state index contributed by atoms with van der Waals surface area (Å²) in [6.07, 6.45) is 0. The van der Waals surface area contributed by atoms with Gasteiger partial charge >= 0.3 is 0 Å². The first-order valence-corrected chi connectivity index (χ1v) is 3.81. The number of aromatic hydroxyl groups is 1. The topological polar surface area (TPSA) is 23.5 Å². The van der Waals surface area contributed by atoms with Gasteiger partial charge in [0.15, 0.2) is 0 Å². The third kappa shape index (κ3) is 2.92. The quantitative estimate of drug-likeness (QED) is 0.506. The summed E-state index contributed by atoms with van der Waals surface area (Å²) in [6.45, 7) is 0. The van der Waals surface area contributed by atoms with Crippen LogP contribution in [0.15, 0.2) is 24.3 Å². The van der Waals surface area contributed by atoms with E-state index >= 15 is 0 Å². The molecule has 0 bridgehead atoms. The maximum Gasteiger partial charge on any atom is 0.250 e. The largest absolute Gasteiger partial charge is 0.508 e. The van der Waals surface area contributed by atoms with Crippen LogP contribution in [0.25, 0.3) is 0 Å². The van der Waals surface area contributed by atoms with Gasteiger partial charge in [-0.1, -0.05) is 27.0 Å². The molecular formula is C7H10BNOP. The van der Waals surface area contributed by atoms with Crippen molar-refractivity contribution in [3.63, 3.8) is 0 Å². The van der Waals surface area contributed by atoms with Crippen LogP contribution < -0.4 is 5.46 Å². The van der Waals surface area contributed by atoms with E-state index in [1.807, 2.05) is 31.2 Å². The number of benzene rings is 1. The van der Waals surface area contributed by atoms with Crippen molar-refractivity contribution in [3.8, 4) is 5.75 Å². The zero-order valence-corrected chi connectivity index (χ0v) is 7.51. The molecule has 2 nitrogen and oxygen atoms in total. The van der Waals surface area contributed by atoms with E-state index in [0.29, 0.717) is 5.75 Å². The molecular weight excluding hydrogens is 156 g/mol. The fourth-order valence-corrected chi connectivity index (χ4v) is 0.968. The van der Waals surface area contributed by atoms with Crippen LogP contribution in [-0.4, -0.2) is 24.2 Å². The van der Waals surface area contributed by atoms with Crippen LogP contribution in [0.2, 0.25) is 0 Å². The zero-order chi connectivity index (χ0) is 8.27. The molecule has 0 spiro atoms. The van der Waals surface area contributed by atoms with Crippen LogP contribution in [0, 0.1) is 0 Å². The second kappa shape index (κ2) is 3.75. The first kappa shape index (κ1) is 8.57. The lowest BCUT2D eigenvalue weighted by Crippen LogP contribution is -2.24. The zero-order valence-electron chi connectivity index (χ0n) is 6.36. The Morgan fingerprint density at radius 3 is 2.36 bits per heavy atom. The molecule has 0 fully saturated rings. The summed E-state index contributed by atoms with van der Waals surface area (Å²) in [4.78, 5) is 0. The van der Waals surface area contributed by atoms with E-state index in [0.717, 1.165) is 5.46 Å². The highest BCUT2D eigenvalue weighted by atomic mass is 31.0. The number of phenols is 1. The minimum atomic E-state index is 0.300. The molecule has 0 saturated heterocycles. The number of hydrogen-bond acceptors (Lipinski definition) is 2. The molecule has 4 heteroatoms. The monoisotopic (exact) mass is 166 g/mol. The van der Waals surface area contributed by atoms with Crippen LogP contribution in [0.5, 0.6) is 5.75 Å². The van der Waals surface area contributed by atoms with Crippen LogP contribution >= 0.6 is 9.39 Å². The molecule has 0 saturated carbocycles. The molecule has 1 aromatic carbocycles. The summed E-state index contributed by atoms with van der Waals surface area (Å²) < 4.78 is 1.88. The normalized spacial score (nSPS) is 10.1. The molecule has 11 heavy (non-hydrogen) atoms. The average molecular weight is 166 g/mol. The first-order chi connectivity index (χ1) is 5.18. The molecule has 1 N–H and O–H groups in total. The summed E-state index contributed by atoms with van der Waals surface area (Å²) in [5.74, 6) is 0.300. The predicted octanol–water partition coefficient (Wildman–Crippen LogP) is 0.359. The molecule has 0 aliphatic carbocycles. The van der Waals surface area contributed by atoms with Gasteiger partial charge in [0.25, 0.3) is 7.41 Å². The molecule has 1 radical (unpaired) electrons. The second-order valence-corrected chi connectivity index (χ2v) is 3.20. The molecule has 0 heterocycles. The lowest BCUT2D eigenvalue weighted by Gasteiger charge is -2.06. The van der Waals surface area contributed by atoms with Gasteiger partial charge in [-0.15, -0.1) is 0 Å². The van der Waals surface area contributed by atoms with Crippen molar-refractivity contribution in [3.05, 3.63) is 24.3 Å². The van der Waals surface area contributed by atoms with Gasteiger partial charge in [0, 0.05) is 0 Å². The Bertz CT molecular complexity index is 224. The predicted molar refractivity (Wildman–Crippen MR) is 51.0 cm³/mol. The number of rotatable bonds is 2. The van der Waals surface area contributed by atoms with Gasteiger partial charge in [-0.3, -0.25) is 0 Å². The fraction of sp³-hybridized carbons (Fsp3) is 0.143. The number of phenolic OH excluding ortho intramolecular Hbond substituents is 1. The van der Waals surface area contributed by atoms with Crippen molar-refractivity contribution >= 4 is 22.3 Å². The minimum Gasteiger partial charge on any atom is -0.508 e. The van der Waals surface area contributed by atoms with E-state index in [4.69, 9.17) is 5.11 Å². The summed E-state index contributed by atoms with van der Waals surface area (Å²) in [6, 6.07) is 7.05. The van der Waals surface area contributed by atoms with Crippen molar-refractivity contribution in [2.45, 2.75) is 0 Å². The van der Waals surface area contributed by atoms with Gasteiger partial charge in [-0.05, 0) is 19.2 Å². The second-order valence-electron chi connectivity index (χ2n) is 2.39. The SMILES string of the molecule is CN(P)[B]c1ccc(O)cc1. The van der Waals surface area contributed by atoms with E-state index in [1.54, 1.807) is 12.1 Å². The highest BCUT2D eigenvalue weighted by molar-refractivity contribution is 7.16. The van der Waals surface area contributed by atoms with E-state index in [9.17, 15) is 0 Å². The Labute approximate surface area is 69.7 Å². The Morgan fingerprint density at radius 2 is 1.91 bits per heavy atom. The lowest BCUT2D eigenvalue weighted by molar-refractivity contribution is 0.475. The maximum absolute atomic E-state index is 8.96. The van der Waals surface area contributed by atoms with Crippen LogP contribution in [0.4, 0.5) is 0 Å². The van der Waals surface area contributed by atoms with E-state index in [2.05, 4.69) is 9.39 Å². The Hall–Kier alpha value is -0.525. The van der Waals surface area contributed by atoms with Crippen LogP contribution in [0.1, 0.15) is 0 Å². The highest BCUT2D eigenvalue weighted by Gasteiger charge is 1.97. The van der Waals surface area contributed by atoms with Crippen molar-refractivity contribution in [1.82, 2.24) is 4.58 Å². The van der Waals surface area contributed by atoms with Gasteiger partial charge < -0.3 is 9.69 Å². The van der Waals surface area contributed by atoms with Crippen molar-refractivity contribution in [1.29, 1.82) is 0 Å².